The fraction of sp³-hybridized carbons (Fsp3) is 0.174. The SMILES string of the molecule is COc1ccc(-c2cc(C(F)(F)F)n3ncc(C(=O)NCc4ccccc4)c3n2)cc1OC. The van der Waals surface area contributed by atoms with Gasteiger partial charge in [0.2, 0.25) is 0 Å². The Morgan fingerprint density at radius 3 is 2.42 bits per heavy atom. The molecule has 0 aliphatic rings. The van der Waals surface area contributed by atoms with Crippen LogP contribution in [-0.2, 0) is 12.7 Å². The van der Waals surface area contributed by atoms with E-state index in [9.17, 15) is 18.0 Å². The van der Waals surface area contributed by atoms with E-state index >= 15 is 0 Å². The topological polar surface area (TPSA) is 77.8 Å². The summed E-state index contributed by atoms with van der Waals surface area (Å²) < 4.78 is 52.5. The monoisotopic (exact) mass is 456 g/mol. The molecule has 2 heterocycles. The van der Waals surface area contributed by atoms with Gasteiger partial charge in [0.25, 0.3) is 5.91 Å². The number of alkyl halides is 3. The normalized spacial score (nSPS) is 11.4. The second-order valence-electron chi connectivity index (χ2n) is 7.06. The van der Waals surface area contributed by atoms with Crippen molar-refractivity contribution in [2.24, 2.45) is 0 Å². The number of amides is 1. The van der Waals surface area contributed by atoms with Gasteiger partial charge >= 0.3 is 6.18 Å². The molecule has 2 aromatic carbocycles. The number of halogens is 3. The molecule has 33 heavy (non-hydrogen) atoms. The summed E-state index contributed by atoms with van der Waals surface area (Å²) in [5, 5.41) is 6.48. The van der Waals surface area contributed by atoms with Crippen molar-refractivity contribution in [1.82, 2.24) is 19.9 Å². The van der Waals surface area contributed by atoms with E-state index < -0.39 is 17.8 Å². The average molecular weight is 456 g/mol. The van der Waals surface area contributed by atoms with Crippen LogP contribution in [0.5, 0.6) is 11.5 Å². The molecular weight excluding hydrogens is 437 g/mol. The van der Waals surface area contributed by atoms with E-state index in [4.69, 9.17) is 9.47 Å². The van der Waals surface area contributed by atoms with Crippen molar-refractivity contribution in [2.45, 2.75) is 12.7 Å². The molecule has 4 aromatic rings. The summed E-state index contributed by atoms with van der Waals surface area (Å²) in [7, 11) is 2.88. The first-order valence-corrected chi connectivity index (χ1v) is 9.82. The number of benzene rings is 2. The number of hydrogen-bond donors (Lipinski definition) is 1. The average Bonchev–Trinajstić information content (AvgIpc) is 3.25. The summed E-state index contributed by atoms with van der Waals surface area (Å²) >= 11 is 0. The molecule has 0 saturated carbocycles. The minimum Gasteiger partial charge on any atom is -0.493 e. The molecule has 170 valence electrons. The van der Waals surface area contributed by atoms with Crippen LogP contribution in [0.15, 0.2) is 60.8 Å². The van der Waals surface area contributed by atoms with Gasteiger partial charge in [0.1, 0.15) is 5.56 Å². The number of hydrogen-bond acceptors (Lipinski definition) is 5. The predicted octanol–water partition coefficient (Wildman–Crippen LogP) is 4.36. The highest BCUT2D eigenvalue weighted by molar-refractivity contribution is 5.99. The Bertz CT molecular complexity index is 1300. The van der Waals surface area contributed by atoms with E-state index in [1.807, 2.05) is 30.3 Å². The number of ether oxygens (including phenoxy) is 2. The smallest absolute Gasteiger partial charge is 0.433 e. The molecule has 1 amide bonds. The molecule has 1 N–H and O–H groups in total. The van der Waals surface area contributed by atoms with Gasteiger partial charge in [0, 0.05) is 12.1 Å². The highest BCUT2D eigenvalue weighted by atomic mass is 19.4. The third kappa shape index (κ3) is 4.45. The predicted molar refractivity (Wildman–Crippen MR) is 114 cm³/mol. The van der Waals surface area contributed by atoms with Gasteiger partial charge < -0.3 is 14.8 Å². The van der Waals surface area contributed by atoms with Crippen molar-refractivity contribution in [3.63, 3.8) is 0 Å². The van der Waals surface area contributed by atoms with Gasteiger partial charge in [-0.15, -0.1) is 0 Å². The largest absolute Gasteiger partial charge is 0.493 e. The van der Waals surface area contributed by atoms with Gasteiger partial charge in [-0.2, -0.15) is 18.3 Å². The summed E-state index contributed by atoms with van der Waals surface area (Å²) in [6.07, 6.45) is -3.65. The van der Waals surface area contributed by atoms with Gasteiger partial charge in [-0.1, -0.05) is 30.3 Å². The second kappa shape index (κ2) is 8.81. The molecule has 0 spiro atoms. The first kappa shape index (κ1) is 22.1. The summed E-state index contributed by atoms with van der Waals surface area (Å²) in [6, 6.07) is 14.7. The van der Waals surface area contributed by atoms with E-state index in [1.165, 1.54) is 20.3 Å². The maximum atomic E-state index is 13.8. The quantitative estimate of drug-likeness (QED) is 0.467. The Kier molecular flexibility index (Phi) is 5.91. The van der Waals surface area contributed by atoms with Gasteiger partial charge in [0.15, 0.2) is 22.8 Å². The molecule has 0 bridgehead atoms. The van der Waals surface area contributed by atoms with Crippen LogP contribution in [0.3, 0.4) is 0 Å². The van der Waals surface area contributed by atoms with Crippen LogP contribution in [0.2, 0.25) is 0 Å². The van der Waals surface area contributed by atoms with Crippen LogP contribution in [0, 0.1) is 0 Å². The molecular formula is C23H19F3N4O3. The maximum Gasteiger partial charge on any atom is 0.433 e. The van der Waals surface area contributed by atoms with Gasteiger partial charge in [-0.25, -0.2) is 9.50 Å². The Morgan fingerprint density at radius 1 is 1.03 bits per heavy atom. The number of nitrogens with zero attached hydrogens (tertiary/aromatic N) is 3. The lowest BCUT2D eigenvalue weighted by atomic mass is 10.1. The maximum absolute atomic E-state index is 13.8. The van der Waals surface area contributed by atoms with Crippen molar-refractivity contribution >= 4 is 11.6 Å². The van der Waals surface area contributed by atoms with Crippen LogP contribution < -0.4 is 14.8 Å². The van der Waals surface area contributed by atoms with Crippen molar-refractivity contribution in [2.75, 3.05) is 14.2 Å². The van der Waals surface area contributed by atoms with Crippen LogP contribution >= 0.6 is 0 Å². The molecule has 0 radical (unpaired) electrons. The number of aromatic nitrogens is 3. The number of rotatable bonds is 6. The summed E-state index contributed by atoms with van der Waals surface area (Å²) in [5.74, 6) is 0.169. The minimum atomic E-state index is -4.73. The molecule has 0 atom stereocenters. The summed E-state index contributed by atoms with van der Waals surface area (Å²) in [4.78, 5) is 17.1. The van der Waals surface area contributed by atoms with Crippen LogP contribution in [0.1, 0.15) is 21.6 Å². The highest BCUT2D eigenvalue weighted by Crippen LogP contribution is 2.35. The van der Waals surface area contributed by atoms with Crippen molar-refractivity contribution < 1.29 is 27.4 Å². The van der Waals surface area contributed by atoms with E-state index in [0.717, 1.165) is 17.8 Å². The molecule has 0 fully saturated rings. The molecule has 0 aliphatic heterocycles. The summed E-state index contributed by atoms with van der Waals surface area (Å²) in [6.45, 7) is 0.207. The molecule has 7 nitrogen and oxygen atoms in total. The van der Waals surface area contributed by atoms with Gasteiger partial charge in [0.05, 0.1) is 26.1 Å². The fourth-order valence-electron chi connectivity index (χ4n) is 3.34. The molecule has 0 saturated heterocycles. The highest BCUT2D eigenvalue weighted by Gasteiger charge is 2.36. The Labute approximate surface area is 186 Å². The lowest BCUT2D eigenvalue weighted by Crippen LogP contribution is -2.23. The van der Waals surface area contributed by atoms with E-state index in [0.29, 0.717) is 21.6 Å². The van der Waals surface area contributed by atoms with Crippen LogP contribution in [0.4, 0.5) is 13.2 Å². The minimum absolute atomic E-state index is 0.00777. The van der Waals surface area contributed by atoms with E-state index in [2.05, 4.69) is 15.4 Å². The number of nitrogens with one attached hydrogen (secondary N) is 1. The third-order valence-electron chi connectivity index (χ3n) is 4.98. The zero-order valence-electron chi connectivity index (χ0n) is 17.7. The molecule has 2 aromatic heterocycles. The van der Waals surface area contributed by atoms with Gasteiger partial charge in [-0.3, -0.25) is 4.79 Å². The first-order chi connectivity index (χ1) is 15.8. The number of methoxy groups -OCH3 is 2. The second-order valence-corrected chi connectivity index (χ2v) is 7.06. The van der Waals surface area contributed by atoms with Crippen molar-refractivity contribution in [3.8, 4) is 22.8 Å². The van der Waals surface area contributed by atoms with Crippen LogP contribution in [-0.4, -0.2) is 34.7 Å². The molecule has 4 rings (SSSR count). The number of carbonyl (C=O) groups is 1. The number of fused-ring (bicyclic) bond motifs is 1. The van der Waals surface area contributed by atoms with Crippen LogP contribution in [0.25, 0.3) is 16.9 Å². The van der Waals surface area contributed by atoms with E-state index in [1.54, 1.807) is 12.1 Å². The zero-order valence-corrected chi connectivity index (χ0v) is 17.7. The Balaban J connectivity index is 1.79. The van der Waals surface area contributed by atoms with Gasteiger partial charge in [-0.05, 0) is 29.8 Å². The zero-order chi connectivity index (χ0) is 23.6. The molecule has 10 heteroatoms. The lowest BCUT2D eigenvalue weighted by Gasteiger charge is -2.13. The molecule has 0 aliphatic carbocycles. The fourth-order valence-corrected chi connectivity index (χ4v) is 3.34. The third-order valence-corrected chi connectivity index (χ3v) is 4.98. The first-order valence-electron chi connectivity index (χ1n) is 9.82. The van der Waals surface area contributed by atoms with E-state index in [-0.39, 0.29) is 23.4 Å². The Hall–Kier alpha value is -4.08. The standard InChI is InChI=1S/C23H19F3N4O3/c1-32-18-9-8-15(10-19(18)33-2)17-11-20(23(24,25)26)30-21(29-17)16(13-28-30)22(31)27-12-14-6-4-3-5-7-14/h3-11,13H,12H2,1-2H3,(H,27,31). The van der Waals surface area contributed by atoms with Crippen molar-refractivity contribution in [1.29, 1.82) is 0 Å². The Morgan fingerprint density at radius 2 is 1.76 bits per heavy atom. The summed E-state index contributed by atoms with van der Waals surface area (Å²) in [5.41, 5.74) is -0.124. The molecule has 0 unspecified atom stereocenters. The van der Waals surface area contributed by atoms with Crippen molar-refractivity contribution in [3.05, 3.63) is 77.6 Å². The lowest BCUT2D eigenvalue weighted by molar-refractivity contribution is -0.142. The number of carbonyl (C=O) groups excluding carboxylic acids is 1.